The summed E-state index contributed by atoms with van der Waals surface area (Å²) in [6.07, 6.45) is 3.82. The van der Waals surface area contributed by atoms with Crippen molar-refractivity contribution in [3.63, 3.8) is 0 Å². The van der Waals surface area contributed by atoms with Crippen molar-refractivity contribution in [2.75, 3.05) is 26.4 Å². The molecule has 1 rings (SSSR count). The highest BCUT2D eigenvalue weighted by Crippen LogP contribution is 2.49. The minimum atomic E-state index is -3.71. The van der Waals surface area contributed by atoms with Crippen LogP contribution in [-0.4, -0.2) is 32.4 Å². The maximum absolute atomic E-state index is 12.4. The summed E-state index contributed by atoms with van der Waals surface area (Å²) in [6.45, 7) is 7.23. The molecule has 0 bridgehead atoms. The number of phosphoric acid groups is 1. The van der Waals surface area contributed by atoms with Gasteiger partial charge in [-0.2, -0.15) is 0 Å². The number of hydrogen-bond donors (Lipinski definition) is 0. The summed E-state index contributed by atoms with van der Waals surface area (Å²) in [5.41, 5.74) is 1.01. The second-order valence-corrected chi connectivity index (χ2v) is 6.52. The number of benzene rings is 1. The Morgan fingerprint density at radius 3 is 2.32 bits per heavy atom. The molecule has 0 spiro atoms. The highest BCUT2D eigenvalue weighted by Gasteiger charge is 2.27. The van der Waals surface area contributed by atoms with Crippen LogP contribution in [0.25, 0.3) is 6.08 Å². The van der Waals surface area contributed by atoms with Gasteiger partial charge in [0.15, 0.2) is 0 Å². The molecule has 0 saturated carbocycles. The molecule has 0 aliphatic heterocycles. The van der Waals surface area contributed by atoms with Crippen LogP contribution >= 0.6 is 7.82 Å². The van der Waals surface area contributed by atoms with Gasteiger partial charge in [0.1, 0.15) is 0 Å². The van der Waals surface area contributed by atoms with Crippen LogP contribution in [0.1, 0.15) is 25.8 Å². The average Bonchev–Trinajstić information content (AvgIpc) is 2.60. The SMILES string of the molecule is C=CCCOC(=O)/C(=C/c1ccccc1)COP(=O)(OCC)OCC. The van der Waals surface area contributed by atoms with Gasteiger partial charge in [-0.15, -0.1) is 6.58 Å². The maximum Gasteiger partial charge on any atom is 0.475 e. The van der Waals surface area contributed by atoms with E-state index in [0.29, 0.717) is 6.42 Å². The second kappa shape index (κ2) is 11.8. The third kappa shape index (κ3) is 8.27. The standard InChI is InChI=1S/C18H25O6P/c1-4-7-13-21-18(19)17(14-16-11-9-8-10-12-16)15-24-25(20,22-5-2)23-6-3/h4,8-12,14H,1,5-7,13,15H2,2-3H3/b17-14+. The van der Waals surface area contributed by atoms with Crippen LogP contribution in [0.5, 0.6) is 0 Å². The van der Waals surface area contributed by atoms with Crippen molar-refractivity contribution >= 4 is 19.9 Å². The van der Waals surface area contributed by atoms with E-state index < -0.39 is 13.8 Å². The molecule has 0 saturated heterocycles. The molecule has 1 aromatic rings. The highest BCUT2D eigenvalue weighted by molar-refractivity contribution is 7.48. The fourth-order valence-corrected chi connectivity index (χ4v) is 2.97. The lowest BCUT2D eigenvalue weighted by atomic mass is 10.1. The average molecular weight is 368 g/mol. The van der Waals surface area contributed by atoms with Crippen molar-refractivity contribution < 1.29 is 27.7 Å². The number of hydrogen-bond acceptors (Lipinski definition) is 6. The fraction of sp³-hybridized carbons (Fsp3) is 0.389. The predicted molar refractivity (Wildman–Crippen MR) is 97.0 cm³/mol. The zero-order valence-corrected chi connectivity index (χ0v) is 15.6. The Labute approximate surface area is 149 Å². The molecule has 7 heteroatoms. The second-order valence-electron chi connectivity index (χ2n) is 4.85. The van der Waals surface area contributed by atoms with Gasteiger partial charge in [0, 0.05) is 0 Å². The smallest absolute Gasteiger partial charge is 0.462 e. The van der Waals surface area contributed by atoms with Crippen LogP contribution in [0.15, 0.2) is 48.6 Å². The molecule has 0 aliphatic rings. The lowest BCUT2D eigenvalue weighted by Crippen LogP contribution is -2.14. The molecule has 0 amide bonds. The molecule has 0 aromatic heterocycles. The van der Waals surface area contributed by atoms with Gasteiger partial charge in [0.2, 0.25) is 0 Å². The predicted octanol–water partition coefficient (Wildman–Crippen LogP) is 4.39. The first-order valence-corrected chi connectivity index (χ1v) is 9.58. The van der Waals surface area contributed by atoms with Gasteiger partial charge >= 0.3 is 13.8 Å². The Kier molecular flexibility index (Phi) is 10.0. The minimum Gasteiger partial charge on any atom is -0.462 e. The van der Waals surface area contributed by atoms with Crippen molar-refractivity contribution in [2.24, 2.45) is 0 Å². The Hall–Kier alpha value is -1.72. The lowest BCUT2D eigenvalue weighted by molar-refractivity contribution is -0.139. The fourth-order valence-electron chi connectivity index (χ4n) is 1.81. The number of rotatable bonds is 12. The molecule has 0 radical (unpaired) electrons. The molecule has 0 unspecified atom stereocenters. The third-order valence-corrected chi connectivity index (χ3v) is 4.50. The van der Waals surface area contributed by atoms with Gasteiger partial charge in [0.05, 0.1) is 32.0 Å². The highest BCUT2D eigenvalue weighted by atomic mass is 31.2. The Morgan fingerprint density at radius 2 is 1.76 bits per heavy atom. The molecule has 0 fully saturated rings. The molecule has 0 heterocycles. The van der Waals surface area contributed by atoms with Crippen molar-refractivity contribution in [1.82, 2.24) is 0 Å². The van der Waals surface area contributed by atoms with Crippen molar-refractivity contribution in [2.45, 2.75) is 20.3 Å². The lowest BCUT2D eigenvalue weighted by Gasteiger charge is -2.17. The normalized spacial score (nSPS) is 12.0. The van der Waals surface area contributed by atoms with E-state index in [1.807, 2.05) is 30.3 Å². The Balaban J connectivity index is 2.90. The molecule has 0 atom stereocenters. The van der Waals surface area contributed by atoms with Crippen LogP contribution in [0.3, 0.4) is 0 Å². The molecule has 0 aliphatic carbocycles. The zero-order valence-electron chi connectivity index (χ0n) is 14.7. The van der Waals surface area contributed by atoms with Gasteiger partial charge in [0.25, 0.3) is 0 Å². The van der Waals surface area contributed by atoms with Gasteiger partial charge < -0.3 is 4.74 Å². The van der Waals surface area contributed by atoms with Crippen LogP contribution in [0, 0.1) is 0 Å². The van der Waals surface area contributed by atoms with E-state index in [9.17, 15) is 9.36 Å². The molecule has 6 nitrogen and oxygen atoms in total. The molecular formula is C18H25O6P. The molecular weight excluding hydrogens is 343 g/mol. The topological polar surface area (TPSA) is 71.1 Å². The largest absolute Gasteiger partial charge is 0.475 e. The van der Waals surface area contributed by atoms with Gasteiger partial charge in [-0.1, -0.05) is 36.4 Å². The summed E-state index contributed by atoms with van der Waals surface area (Å²) in [5, 5.41) is 0. The van der Waals surface area contributed by atoms with Crippen molar-refractivity contribution in [1.29, 1.82) is 0 Å². The van der Waals surface area contributed by atoms with E-state index in [2.05, 4.69) is 6.58 Å². The number of carbonyl (C=O) groups is 1. The van der Waals surface area contributed by atoms with E-state index in [1.165, 1.54) is 0 Å². The first-order valence-electron chi connectivity index (χ1n) is 8.12. The maximum atomic E-state index is 12.4. The van der Waals surface area contributed by atoms with Crippen LogP contribution in [0.2, 0.25) is 0 Å². The quantitative estimate of drug-likeness (QED) is 0.179. The van der Waals surface area contributed by atoms with E-state index in [0.717, 1.165) is 5.56 Å². The van der Waals surface area contributed by atoms with Crippen LogP contribution in [-0.2, 0) is 27.7 Å². The summed E-state index contributed by atoms with van der Waals surface area (Å²) in [6, 6.07) is 9.23. The Morgan fingerprint density at radius 1 is 1.12 bits per heavy atom. The molecule has 1 aromatic carbocycles. The third-order valence-electron chi connectivity index (χ3n) is 2.91. The summed E-state index contributed by atoms with van der Waals surface area (Å²) in [4.78, 5) is 12.3. The van der Waals surface area contributed by atoms with Gasteiger partial charge in [-0.25, -0.2) is 9.36 Å². The Bertz CT molecular complexity index is 601. The first-order chi connectivity index (χ1) is 12.0. The number of phosphoric ester groups is 1. The van der Waals surface area contributed by atoms with Gasteiger partial charge in [-0.3, -0.25) is 13.6 Å². The van der Waals surface area contributed by atoms with E-state index >= 15 is 0 Å². The van der Waals surface area contributed by atoms with E-state index in [4.69, 9.17) is 18.3 Å². The van der Waals surface area contributed by atoms with Crippen molar-refractivity contribution in [3.8, 4) is 0 Å². The molecule has 138 valence electrons. The summed E-state index contributed by atoms with van der Waals surface area (Å²) < 4.78 is 33.0. The van der Waals surface area contributed by atoms with Crippen LogP contribution in [0.4, 0.5) is 0 Å². The number of esters is 1. The van der Waals surface area contributed by atoms with E-state index in [1.54, 1.807) is 26.0 Å². The summed E-state index contributed by atoms with van der Waals surface area (Å²) >= 11 is 0. The van der Waals surface area contributed by atoms with Crippen LogP contribution < -0.4 is 0 Å². The number of carbonyl (C=O) groups excluding carboxylic acids is 1. The summed E-state index contributed by atoms with van der Waals surface area (Å²) in [5.74, 6) is -0.551. The van der Waals surface area contributed by atoms with Gasteiger partial charge in [-0.05, 0) is 31.9 Å². The minimum absolute atomic E-state index is 0.165. The zero-order chi connectivity index (χ0) is 18.5. The summed E-state index contributed by atoms with van der Waals surface area (Å²) in [7, 11) is -3.71. The number of ether oxygens (including phenoxy) is 1. The van der Waals surface area contributed by atoms with Crippen molar-refractivity contribution in [3.05, 3.63) is 54.1 Å². The van der Waals surface area contributed by atoms with E-state index in [-0.39, 0.29) is 32.0 Å². The molecule has 25 heavy (non-hydrogen) atoms. The molecule has 0 N–H and O–H groups in total. The first kappa shape index (κ1) is 21.3. The monoisotopic (exact) mass is 368 g/mol.